The molecule has 1 atom stereocenters. The lowest BCUT2D eigenvalue weighted by atomic mass is 10.1. The molecule has 1 aromatic carbocycles. The third-order valence-electron chi connectivity index (χ3n) is 4.70. The van der Waals surface area contributed by atoms with E-state index in [4.69, 9.17) is 0 Å². The van der Waals surface area contributed by atoms with Gasteiger partial charge in [-0.05, 0) is 63.1 Å². The number of rotatable bonds is 6. The van der Waals surface area contributed by atoms with Crippen LogP contribution in [0.15, 0.2) is 42.7 Å². The van der Waals surface area contributed by atoms with Crippen molar-refractivity contribution in [3.8, 4) is 0 Å². The Morgan fingerprint density at radius 1 is 1.00 bits per heavy atom. The minimum Gasteiger partial charge on any atom is -0.349 e. The van der Waals surface area contributed by atoms with Gasteiger partial charge in [0.1, 0.15) is 0 Å². The van der Waals surface area contributed by atoms with E-state index in [1.54, 1.807) is 29.5 Å². The number of benzene rings is 1. The average molecular weight is 409 g/mol. The molecule has 150 valence electrons. The van der Waals surface area contributed by atoms with Crippen LogP contribution in [0.4, 0.5) is 5.69 Å². The predicted octanol–water partition coefficient (Wildman–Crippen LogP) is 4.08. The molecule has 0 saturated carbocycles. The van der Waals surface area contributed by atoms with Gasteiger partial charge in [0.2, 0.25) is 0 Å². The number of hydrogen-bond acceptors (Lipinski definition) is 5. The molecule has 0 aliphatic heterocycles. The molecule has 0 fully saturated rings. The first-order valence-corrected chi connectivity index (χ1v) is 10.2. The van der Waals surface area contributed by atoms with Crippen molar-refractivity contribution in [1.82, 2.24) is 15.5 Å². The summed E-state index contributed by atoms with van der Waals surface area (Å²) >= 11 is 1.77. The molecule has 2 N–H and O–H groups in total. The molecule has 7 heteroatoms. The van der Waals surface area contributed by atoms with E-state index in [0.717, 1.165) is 12.0 Å². The summed E-state index contributed by atoms with van der Waals surface area (Å²) in [7, 11) is 0. The number of anilines is 1. The maximum absolute atomic E-state index is 12.7. The zero-order chi connectivity index (χ0) is 21.0. The Morgan fingerprint density at radius 2 is 1.79 bits per heavy atom. The van der Waals surface area contributed by atoms with Gasteiger partial charge >= 0.3 is 0 Å². The predicted molar refractivity (Wildman–Crippen MR) is 116 cm³/mol. The molecule has 3 rings (SSSR count). The molecule has 6 nitrogen and oxygen atoms in total. The topological polar surface area (TPSA) is 84.0 Å². The molecule has 0 aliphatic carbocycles. The zero-order valence-electron chi connectivity index (χ0n) is 16.9. The highest BCUT2D eigenvalue weighted by Gasteiger charge is 2.15. The van der Waals surface area contributed by atoms with E-state index < -0.39 is 0 Å². The van der Waals surface area contributed by atoms with Crippen molar-refractivity contribution in [1.29, 1.82) is 0 Å². The summed E-state index contributed by atoms with van der Waals surface area (Å²) in [5.74, 6) is -0.457. The van der Waals surface area contributed by atoms with Gasteiger partial charge in [-0.25, -0.2) is 0 Å². The van der Waals surface area contributed by atoms with Crippen molar-refractivity contribution in [3.05, 3.63) is 74.7 Å². The fraction of sp³-hybridized carbons (Fsp3) is 0.273. The van der Waals surface area contributed by atoms with Gasteiger partial charge in [-0.2, -0.15) is 10.2 Å². The van der Waals surface area contributed by atoms with Crippen molar-refractivity contribution < 1.29 is 9.59 Å². The molecule has 2 amide bonds. The van der Waals surface area contributed by atoms with E-state index in [9.17, 15) is 9.59 Å². The van der Waals surface area contributed by atoms with Crippen molar-refractivity contribution in [3.63, 3.8) is 0 Å². The van der Waals surface area contributed by atoms with Crippen LogP contribution in [0, 0.1) is 20.8 Å². The first kappa shape index (κ1) is 20.7. The number of carbonyl (C=O) groups is 2. The van der Waals surface area contributed by atoms with Crippen LogP contribution in [-0.2, 0) is 6.42 Å². The molecule has 29 heavy (non-hydrogen) atoms. The SMILES string of the molecule is Cc1ccc(C(=O)NC(C)Cc2cc(C)c(C)s2)cc1NC(=O)c1ccnnc1. The van der Waals surface area contributed by atoms with Gasteiger partial charge in [-0.1, -0.05) is 6.07 Å². The number of aromatic nitrogens is 2. The first-order valence-electron chi connectivity index (χ1n) is 9.39. The molecule has 0 aliphatic rings. The molecule has 3 aromatic rings. The van der Waals surface area contributed by atoms with Crippen molar-refractivity contribution in [2.24, 2.45) is 0 Å². The Labute approximate surface area is 174 Å². The second kappa shape index (κ2) is 8.96. The van der Waals surface area contributed by atoms with Crippen LogP contribution in [0.3, 0.4) is 0 Å². The van der Waals surface area contributed by atoms with Crippen LogP contribution < -0.4 is 10.6 Å². The number of nitrogens with zero attached hydrogens (tertiary/aromatic N) is 2. The quantitative estimate of drug-likeness (QED) is 0.644. The van der Waals surface area contributed by atoms with E-state index in [1.807, 2.05) is 19.9 Å². The monoisotopic (exact) mass is 408 g/mol. The van der Waals surface area contributed by atoms with Gasteiger partial charge in [0.25, 0.3) is 11.8 Å². The highest BCUT2D eigenvalue weighted by molar-refractivity contribution is 7.12. The molecular weight excluding hydrogens is 384 g/mol. The van der Waals surface area contributed by atoms with Gasteiger partial charge in [0.05, 0.1) is 18.0 Å². The highest BCUT2D eigenvalue weighted by atomic mass is 32.1. The number of aryl methyl sites for hydroxylation is 3. The second-order valence-corrected chi connectivity index (χ2v) is 8.49. The van der Waals surface area contributed by atoms with Crippen LogP contribution in [0.2, 0.25) is 0 Å². The molecule has 0 bridgehead atoms. The van der Waals surface area contributed by atoms with Crippen LogP contribution in [0.1, 0.15) is 48.5 Å². The summed E-state index contributed by atoms with van der Waals surface area (Å²) in [6.07, 6.45) is 3.65. The molecule has 2 aromatic heterocycles. The van der Waals surface area contributed by atoms with Crippen molar-refractivity contribution in [2.45, 2.75) is 40.2 Å². The van der Waals surface area contributed by atoms with Crippen molar-refractivity contribution >= 4 is 28.8 Å². The Bertz CT molecular complexity index is 1010. The largest absolute Gasteiger partial charge is 0.349 e. The van der Waals surface area contributed by atoms with Gasteiger partial charge in [-0.3, -0.25) is 9.59 Å². The minimum atomic E-state index is -0.294. The summed E-state index contributed by atoms with van der Waals surface area (Å²) in [5.41, 5.74) is 3.66. The van der Waals surface area contributed by atoms with Gasteiger partial charge < -0.3 is 10.6 Å². The van der Waals surface area contributed by atoms with E-state index in [2.05, 4.69) is 40.7 Å². The summed E-state index contributed by atoms with van der Waals surface area (Å²) in [4.78, 5) is 27.6. The van der Waals surface area contributed by atoms with Crippen LogP contribution in [0.25, 0.3) is 0 Å². The van der Waals surface area contributed by atoms with Crippen LogP contribution in [0.5, 0.6) is 0 Å². The standard InChI is InChI=1S/C22H24N4O2S/c1-13-5-6-17(11-20(13)26-22(28)18-7-8-23-24-12-18)21(27)25-15(3)10-19-9-14(2)16(4)29-19/h5-9,11-12,15H,10H2,1-4H3,(H,25,27)(H,26,28). The van der Waals surface area contributed by atoms with Gasteiger partial charge in [0, 0.05) is 33.5 Å². The van der Waals surface area contributed by atoms with Crippen molar-refractivity contribution in [2.75, 3.05) is 5.32 Å². The van der Waals surface area contributed by atoms with Crippen LogP contribution >= 0.6 is 11.3 Å². The number of carbonyl (C=O) groups excluding carboxylic acids is 2. The van der Waals surface area contributed by atoms with Gasteiger partial charge in [0.15, 0.2) is 0 Å². The first-order chi connectivity index (χ1) is 13.8. The number of amides is 2. The summed E-state index contributed by atoms with van der Waals surface area (Å²) in [6.45, 7) is 8.08. The number of nitrogens with one attached hydrogen (secondary N) is 2. The Hall–Kier alpha value is -3.06. The third-order valence-corrected chi connectivity index (χ3v) is 5.87. The zero-order valence-corrected chi connectivity index (χ0v) is 17.8. The maximum Gasteiger partial charge on any atom is 0.257 e. The number of thiophene rings is 1. The molecule has 0 spiro atoms. The second-order valence-electron chi connectivity index (χ2n) is 7.15. The smallest absolute Gasteiger partial charge is 0.257 e. The molecular formula is C22H24N4O2S. The van der Waals surface area contributed by atoms with Crippen LogP contribution in [-0.4, -0.2) is 28.1 Å². The molecule has 2 heterocycles. The molecule has 0 radical (unpaired) electrons. The third kappa shape index (κ3) is 5.26. The van der Waals surface area contributed by atoms with E-state index in [0.29, 0.717) is 16.8 Å². The summed E-state index contributed by atoms with van der Waals surface area (Å²) in [6, 6.07) is 9.05. The molecule has 0 saturated heterocycles. The highest BCUT2D eigenvalue weighted by Crippen LogP contribution is 2.22. The van der Waals surface area contributed by atoms with E-state index in [-0.39, 0.29) is 17.9 Å². The molecule has 1 unspecified atom stereocenters. The normalized spacial score (nSPS) is 11.7. The van der Waals surface area contributed by atoms with E-state index >= 15 is 0 Å². The maximum atomic E-state index is 12.7. The fourth-order valence-electron chi connectivity index (χ4n) is 2.93. The van der Waals surface area contributed by atoms with Gasteiger partial charge in [-0.15, -0.1) is 11.3 Å². The lowest BCUT2D eigenvalue weighted by molar-refractivity contribution is 0.0939. The van der Waals surface area contributed by atoms with E-state index in [1.165, 1.54) is 27.7 Å². The Balaban J connectivity index is 1.67. The summed E-state index contributed by atoms with van der Waals surface area (Å²) < 4.78 is 0. The fourth-order valence-corrected chi connectivity index (χ4v) is 4.11. The Morgan fingerprint density at radius 3 is 2.45 bits per heavy atom. The lowest BCUT2D eigenvalue weighted by Crippen LogP contribution is -2.34. The lowest BCUT2D eigenvalue weighted by Gasteiger charge is -2.15. The minimum absolute atomic E-state index is 0.00203. The Kier molecular flexibility index (Phi) is 6.39. The summed E-state index contributed by atoms with van der Waals surface area (Å²) in [5, 5.41) is 13.3. The average Bonchev–Trinajstić information content (AvgIpc) is 3.00. The number of hydrogen-bond donors (Lipinski definition) is 2.